The molecule has 1 atom stereocenters. The van der Waals surface area contributed by atoms with Gasteiger partial charge in [0.15, 0.2) is 5.13 Å². The molecule has 2 aromatic heterocycles. The highest BCUT2D eigenvalue weighted by atomic mass is 32.1. The van der Waals surface area contributed by atoms with Crippen LogP contribution >= 0.6 is 11.3 Å². The lowest BCUT2D eigenvalue weighted by atomic mass is 10.0. The maximum absolute atomic E-state index is 9.60. The third kappa shape index (κ3) is 4.08. The molecule has 0 saturated heterocycles. The predicted molar refractivity (Wildman–Crippen MR) is 115 cm³/mol. The van der Waals surface area contributed by atoms with Crippen LogP contribution in [0.25, 0.3) is 21.1 Å². The van der Waals surface area contributed by atoms with E-state index in [0.717, 1.165) is 44.2 Å². The van der Waals surface area contributed by atoms with E-state index in [0.29, 0.717) is 5.92 Å². The highest BCUT2D eigenvalue weighted by molar-refractivity contribution is 7.22. The van der Waals surface area contributed by atoms with Gasteiger partial charge < -0.3 is 15.2 Å². The van der Waals surface area contributed by atoms with Gasteiger partial charge in [0.05, 0.1) is 28.4 Å². The van der Waals surface area contributed by atoms with Gasteiger partial charge in [0.2, 0.25) is 0 Å². The standard InChI is InChI=1S/C22H23N3O2S/c1-14(2)11-15(13-26)24-22-25-19-8-7-16(12-21(19)28-22)27-20-9-10-23-18-6-4-3-5-17(18)20/h3-10,12,14-15,26H,11,13H2,1-2H3,(H,24,25)/t15-/m1/s1. The largest absolute Gasteiger partial charge is 0.457 e. The fourth-order valence-electron chi connectivity index (χ4n) is 3.24. The van der Waals surface area contributed by atoms with Crippen molar-refractivity contribution in [1.29, 1.82) is 0 Å². The Morgan fingerprint density at radius 1 is 1.11 bits per heavy atom. The number of aromatic nitrogens is 2. The summed E-state index contributed by atoms with van der Waals surface area (Å²) in [5.41, 5.74) is 1.83. The van der Waals surface area contributed by atoms with E-state index >= 15 is 0 Å². The maximum Gasteiger partial charge on any atom is 0.184 e. The van der Waals surface area contributed by atoms with Crippen LogP contribution in [0.15, 0.2) is 54.7 Å². The number of pyridine rings is 1. The molecular weight excluding hydrogens is 370 g/mol. The molecule has 144 valence electrons. The fraction of sp³-hybridized carbons (Fsp3) is 0.273. The minimum atomic E-state index is 0.0134. The van der Waals surface area contributed by atoms with Gasteiger partial charge in [-0.3, -0.25) is 4.98 Å². The number of rotatable bonds is 7. The van der Waals surface area contributed by atoms with E-state index < -0.39 is 0 Å². The zero-order valence-corrected chi connectivity index (χ0v) is 16.7. The van der Waals surface area contributed by atoms with Crippen molar-refractivity contribution in [2.24, 2.45) is 5.92 Å². The van der Waals surface area contributed by atoms with Gasteiger partial charge >= 0.3 is 0 Å². The molecule has 4 aromatic rings. The van der Waals surface area contributed by atoms with Crippen molar-refractivity contribution in [3.63, 3.8) is 0 Å². The van der Waals surface area contributed by atoms with Crippen LogP contribution in [0.5, 0.6) is 11.5 Å². The summed E-state index contributed by atoms with van der Waals surface area (Å²) in [5, 5.41) is 14.7. The summed E-state index contributed by atoms with van der Waals surface area (Å²) < 4.78 is 7.18. The minimum Gasteiger partial charge on any atom is -0.457 e. The van der Waals surface area contributed by atoms with Crippen molar-refractivity contribution in [3.05, 3.63) is 54.7 Å². The molecule has 6 heteroatoms. The van der Waals surface area contributed by atoms with Crippen LogP contribution in [0.4, 0.5) is 5.13 Å². The Balaban J connectivity index is 1.58. The molecule has 0 saturated carbocycles. The monoisotopic (exact) mass is 393 g/mol. The first-order valence-corrected chi connectivity index (χ1v) is 10.2. The Morgan fingerprint density at radius 2 is 1.96 bits per heavy atom. The highest BCUT2D eigenvalue weighted by Gasteiger charge is 2.13. The molecule has 4 rings (SSSR count). The van der Waals surface area contributed by atoms with Crippen molar-refractivity contribution in [2.45, 2.75) is 26.3 Å². The SMILES string of the molecule is CC(C)C[C@H](CO)Nc1nc2ccc(Oc3ccnc4ccccc34)cc2s1. The molecule has 0 radical (unpaired) electrons. The average Bonchev–Trinajstić information content (AvgIpc) is 3.09. The third-order valence-corrected chi connectivity index (χ3v) is 5.45. The number of ether oxygens (including phenoxy) is 1. The van der Waals surface area contributed by atoms with Crippen molar-refractivity contribution in [2.75, 3.05) is 11.9 Å². The molecule has 0 fully saturated rings. The summed E-state index contributed by atoms with van der Waals surface area (Å²) in [5.74, 6) is 2.05. The maximum atomic E-state index is 9.60. The predicted octanol–water partition coefficient (Wildman–Crippen LogP) is 5.46. The van der Waals surface area contributed by atoms with Gasteiger partial charge in [-0.05, 0) is 42.7 Å². The van der Waals surface area contributed by atoms with Crippen LogP contribution in [0.1, 0.15) is 20.3 Å². The quantitative estimate of drug-likeness (QED) is 0.437. The molecule has 5 nitrogen and oxygen atoms in total. The molecule has 0 spiro atoms. The molecule has 0 aliphatic carbocycles. The van der Waals surface area contributed by atoms with Crippen LogP contribution < -0.4 is 10.1 Å². The van der Waals surface area contributed by atoms with E-state index in [2.05, 4.69) is 29.1 Å². The number of fused-ring (bicyclic) bond motifs is 2. The van der Waals surface area contributed by atoms with Crippen LogP contribution in [0.3, 0.4) is 0 Å². The summed E-state index contributed by atoms with van der Waals surface area (Å²) in [6.45, 7) is 4.39. The summed E-state index contributed by atoms with van der Waals surface area (Å²) in [6.07, 6.45) is 2.66. The first kappa shape index (κ1) is 18.7. The number of nitrogens with one attached hydrogen (secondary N) is 1. The van der Waals surface area contributed by atoms with Crippen LogP contribution in [-0.4, -0.2) is 27.7 Å². The molecule has 0 amide bonds. The molecular formula is C22H23N3O2S. The molecule has 2 aromatic carbocycles. The summed E-state index contributed by atoms with van der Waals surface area (Å²) in [4.78, 5) is 9.01. The zero-order chi connectivity index (χ0) is 19.5. The van der Waals surface area contributed by atoms with Gasteiger partial charge in [-0.2, -0.15) is 0 Å². The highest BCUT2D eigenvalue weighted by Crippen LogP contribution is 2.33. The van der Waals surface area contributed by atoms with E-state index in [9.17, 15) is 5.11 Å². The van der Waals surface area contributed by atoms with Crippen LogP contribution in [0.2, 0.25) is 0 Å². The van der Waals surface area contributed by atoms with Crippen molar-refractivity contribution in [1.82, 2.24) is 9.97 Å². The van der Waals surface area contributed by atoms with Gasteiger partial charge in [-0.15, -0.1) is 0 Å². The van der Waals surface area contributed by atoms with Crippen LogP contribution in [-0.2, 0) is 0 Å². The van der Waals surface area contributed by atoms with Gasteiger partial charge in [-0.25, -0.2) is 4.98 Å². The number of hydrogen-bond donors (Lipinski definition) is 2. The van der Waals surface area contributed by atoms with Gasteiger partial charge in [0.1, 0.15) is 11.5 Å². The van der Waals surface area contributed by atoms with Crippen molar-refractivity contribution < 1.29 is 9.84 Å². The van der Waals surface area contributed by atoms with E-state index in [1.165, 1.54) is 0 Å². The summed E-state index contributed by atoms with van der Waals surface area (Å²) >= 11 is 1.57. The smallest absolute Gasteiger partial charge is 0.184 e. The Bertz CT molecular complexity index is 1090. The number of nitrogens with zero attached hydrogens (tertiary/aromatic N) is 2. The number of thiazole rings is 1. The molecule has 0 unspecified atom stereocenters. The Morgan fingerprint density at radius 3 is 2.79 bits per heavy atom. The molecule has 28 heavy (non-hydrogen) atoms. The normalized spacial score (nSPS) is 12.6. The Kier molecular flexibility index (Phi) is 5.41. The van der Waals surface area contributed by atoms with E-state index in [1.807, 2.05) is 48.5 Å². The van der Waals surface area contributed by atoms with E-state index in [4.69, 9.17) is 4.74 Å². The number of anilines is 1. The number of hydrogen-bond acceptors (Lipinski definition) is 6. The van der Waals surface area contributed by atoms with Gasteiger partial charge in [0, 0.05) is 17.6 Å². The topological polar surface area (TPSA) is 67.3 Å². The molecule has 2 N–H and O–H groups in total. The minimum absolute atomic E-state index is 0.0134. The van der Waals surface area contributed by atoms with Gasteiger partial charge in [-0.1, -0.05) is 37.3 Å². The average molecular weight is 394 g/mol. The molecule has 0 aliphatic rings. The number of aliphatic hydroxyl groups is 1. The number of para-hydroxylation sites is 1. The summed E-state index contributed by atoms with van der Waals surface area (Å²) in [7, 11) is 0. The van der Waals surface area contributed by atoms with Gasteiger partial charge in [0.25, 0.3) is 0 Å². The second-order valence-corrected chi connectivity index (χ2v) is 8.26. The lowest BCUT2D eigenvalue weighted by molar-refractivity contribution is 0.259. The number of benzene rings is 2. The van der Waals surface area contributed by atoms with Crippen LogP contribution in [0, 0.1) is 5.92 Å². The fourth-order valence-corrected chi connectivity index (χ4v) is 4.21. The van der Waals surface area contributed by atoms with Crippen molar-refractivity contribution in [3.8, 4) is 11.5 Å². The first-order chi connectivity index (χ1) is 13.6. The lowest BCUT2D eigenvalue weighted by Gasteiger charge is -2.17. The Hall–Kier alpha value is -2.70. The van der Waals surface area contributed by atoms with E-state index in [-0.39, 0.29) is 12.6 Å². The number of aliphatic hydroxyl groups excluding tert-OH is 1. The summed E-state index contributed by atoms with van der Waals surface area (Å²) in [6, 6.07) is 15.7. The zero-order valence-electron chi connectivity index (χ0n) is 15.9. The lowest BCUT2D eigenvalue weighted by Crippen LogP contribution is -2.25. The third-order valence-electron chi connectivity index (χ3n) is 4.50. The molecule has 0 aliphatic heterocycles. The molecule has 0 bridgehead atoms. The second-order valence-electron chi connectivity index (χ2n) is 7.23. The van der Waals surface area contributed by atoms with E-state index in [1.54, 1.807) is 17.5 Å². The Labute approximate surface area is 168 Å². The van der Waals surface area contributed by atoms with Crippen molar-refractivity contribution >= 4 is 37.6 Å². The second kappa shape index (κ2) is 8.12. The molecule has 2 heterocycles. The first-order valence-electron chi connectivity index (χ1n) is 9.42.